The van der Waals surface area contributed by atoms with Crippen LogP contribution in [-0.2, 0) is 10.2 Å². The van der Waals surface area contributed by atoms with Gasteiger partial charge in [0.1, 0.15) is 5.82 Å². The number of carbonyl (C=O) groups excluding carboxylic acids is 1. The molecule has 0 saturated heterocycles. The zero-order valence-corrected chi connectivity index (χ0v) is 10.8. The molecule has 1 nitrogen and oxygen atoms in total. The van der Waals surface area contributed by atoms with E-state index in [4.69, 9.17) is 23.2 Å². The van der Waals surface area contributed by atoms with Crippen LogP contribution < -0.4 is 0 Å². The van der Waals surface area contributed by atoms with Gasteiger partial charge in [0.05, 0.1) is 5.41 Å². The molecule has 0 radical (unpaired) electrons. The quantitative estimate of drug-likeness (QED) is 0.729. The van der Waals surface area contributed by atoms with Crippen LogP contribution in [0.4, 0.5) is 4.39 Å². The van der Waals surface area contributed by atoms with Crippen molar-refractivity contribution in [3.8, 4) is 0 Å². The molecule has 0 heterocycles. The molecule has 1 fully saturated rings. The lowest BCUT2D eigenvalue weighted by Gasteiger charge is -2.34. The highest BCUT2D eigenvalue weighted by Gasteiger charge is 2.41. The lowest BCUT2D eigenvalue weighted by molar-refractivity contribution is -0.117. The zero-order chi connectivity index (χ0) is 12.5. The number of rotatable bonds is 2. The second-order valence-corrected chi connectivity index (χ2v) is 5.29. The minimum absolute atomic E-state index is 0.293. The van der Waals surface area contributed by atoms with Gasteiger partial charge in [-0.2, -0.15) is 0 Å². The molecule has 1 saturated carbocycles. The third-order valence-corrected chi connectivity index (χ3v) is 4.20. The largest absolute Gasteiger partial charge is 0.280 e. The van der Waals surface area contributed by atoms with E-state index < -0.39 is 11.2 Å². The molecular weight excluding hydrogens is 262 g/mol. The van der Waals surface area contributed by atoms with Crippen LogP contribution in [0.2, 0.25) is 5.02 Å². The predicted molar refractivity (Wildman–Crippen MR) is 67.0 cm³/mol. The van der Waals surface area contributed by atoms with Crippen molar-refractivity contribution in [1.82, 2.24) is 0 Å². The highest BCUT2D eigenvalue weighted by molar-refractivity contribution is 6.65. The summed E-state index contributed by atoms with van der Waals surface area (Å²) < 4.78 is 13.0. The van der Waals surface area contributed by atoms with Gasteiger partial charge in [-0.3, -0.25) is 4.79 Å². The summed E-state index contributed by atoms with van der Waals surface area (Å²) in [6, 6.07) is 4.16. The summed E-state index contributed by atoms with van der Waals surface area (Å²) in [5, 5.41) is -0.0911. The number of benzene rings is 1. The van der Waals surface area contributed by atoms with Gasteiger partial charge < -0.3 is 0 Å². The first-order valence-electron chi connectivity index (χ1n) is 5.72. The Bertz CT molecular complexity index is 439. The average Bonchev–Trinajstić information content (AvgIpc) is 2.29. The van der Waals surface area contributed by atoms with E-state index in [1.165, 1.54) is 12.1 Å². The third-order valence-electron chi connectivity index (χ3n) is 3.53. The van der Waals surface area contributed by atoms with Crippen molar-refractivity contribution in [3.05, 3.63) is 34.6 Å². The maximum atomic E-state index is 13.0. The Kier molecular flexibility index (Phi) is 3.74. The van der Waals surface area contributed by atoms with Crippen LogP contribution in [0.25, 0.3) is 0 Å². The smallest absolute Gasteiger partial charge is 0.232 e. The van der Waals surface area contributed by atoms with Gasteiger partial charge in [-0.1, -0.05) is 36.9 Å². The van der Waals surface area contributed by atoms with E-state index >= 15 is 0 Å². The summed E-state index contributed by atoms with van der Waals surface area (Å²) in [6.45, 7) is 0. The molecule has 0 aromatic heterocycles. The molecule has 1 aromatic rings. The second-order valence-electron chi connectivity index (χ2n) is 4.54. The summed E-state index contributed by atoms with van der Waals surface area (Å²) >= 11 is 11.8. The number of halogens is 3. The Morgan fingerprint density at radius 1 is 1.24 bits per heavy atom. The topological polar surface area (TPSA) is 17.1 Å². The molecule has 0 bridgehead atoms. The van der Waals surface area contributed by atoms with E-state index in [1.807, 2.05) is 0 Å². The van der Waals surface area contributed by atoms with E-state index in [-0.39, 0.29) is 5.24 Å². The first-order chi connectivity index (χ1) is 8.06. The van der Waals surface area contributed by atoms with Crippen LogP contribution in [0, 0.1) is 5.82 Å². The van der Waals surface area contributed by atoms with Crippen molar-refractivity contribution in [1.29, 1.82) is 0 Å². The zero-order valence-electron chi connectivity index (χ0n) is 9.31. The fourth-order valence-electron chi connectivity index (χ4n) is 2.60. The molecule has 2 rings (SSSR count). The predicted octanol–water partition coefficient (Wildman–Crippen LogP) is 4.45. The van der Waals surface area contributed by atoms with Gasteiger partial charge in [0.25, 0.3) is 0 Å². The minimum Gasteiger partial charge on any atom is -0.280 e. The first-order valence-corrected chi connectivity index (χ1v) is 6.47. The van der Waals surface area contributed by atoms with Crippen LogP contribution in [0.5, 0.6) is 0 Å². The third kappa shape index (κ3) is 2.34. The molecule has 0 N–H and O–H groups in total. The van der Waals surface area contributed by atoms with Crippen LogP contribution >= 0.6 is 23.2 Å². The van der Waals surface area contributed by atoms with Crippen LogP contribution in [-0.4, -0.2) is 5.24 Å². The van der Waals surface area contributed by atoms with Crippen LogP contribution in [0.15, 0.2) is 18.2 Å². The molecule has 1 aliphatic carbocycles. The Labute approximate surface area is 110 Å². The first kappa shape index (κ1) is 12.8. The maximum Gasteiger partial charge on any atom is 0.232 e. The standard InChI is InChI=1S/C13H13Cl2FO/c14-11-8-9(16)4-5-10(11)13(12(15)17)6-2-1-3-7-13/h4-5,8H,1-3,6-7H2. The van der Waals surface area contributed by atoms with Gasteiger partial charge in [0.15, 0.2) is 0 Å². The molecule has 1 aromatic carbocycles. The molecule has 1 aliphatic rings. The molecule has 0 atom stereocenters. The lowest BCUT2D eigenvalue weighted by Crippen LogP contribution is -2.35. The van der Waals surface area contributed by atoms with Crippen LogP contribution in [0.3, 0.4) is 0 Å². The van der Waals surface area contributed by atoms with E-state index in [1.54, 1.807) is 6.07 Å². The van der Waals surface area contributed by atoms with Gasteiger partial charge >= 0.3 is 0 Å². The molecule has 0 spiro atoms. The van der Waals surface area contributed by atoms with Gasteiger partial charge in [0, 0.05) is 5.02 Å². The highest BCUT2D eigenvalue weighted by Crippen LogP contribution is 2.44. The Balaban J connectivity index is 2.49. The van der Waals surface area contributed by atoms with Crippen molar-refractivity contribution in [3.63, 3.8) is 0 Å². The lowest BCUT2D eigenvalue weighted by atomic mass is 9.70. The summed E-state index contributed by atoms with van der Waals surface area (Å²) in [5.41, 5.74) is -0.0508. The number of hydrogen-bond donors (Lipinski definition) is 0. The fourth-order valence-corrected chi connectivity index (χ4v) is 3.24. The summed E-state index contributed by atoms with van der Waals surface area (Å²) in [5.74, 6) is -0.397. The SMILES string of the molecule is O=C(Cl)C1(c2ccc(F)cc2Cl)CCCCC1. The Morgan fingerprint density at radius 3 is 2.41 bits per heavy atom. The minimum atomic E-state index is -0.718. The van der Waals surface area contributed by atoms with Gasteiger partial charge in [-0.25, -0.2) is 4.39 Å². The van der Waals surface area contributed by atoms with Crippen molar-refractivity contribution < 1.29 is 9.18 Å². The molecule has 0 aliphatic heterocycles. The van der Waals surface area contributed by atoms with E-state index in [0.29, 0.717) is 23.4 Å². The highest BCUT2D eigenvalue weighted by atomic mass is 35.5. The van der Waals surface area contributed by atoms with E-state index in [2.05, 4.69) is 0 Å². The molecule has 92 valence electrons. The van der Waals surface area contributed by atoms with E-state index in [9.17, 15) is 9.18 Å². The summed E-state index contributed by atoms with van der Waals surface area (Å²) in [4.78, 5) is 11.8. The summed E-state index contributed by atoms with van der Waals surface area (Å²) in [7, 11) is 0. The Morgan fingerprint density at radius 2 is 1.88 bits per heavy atom. The average molecular weight is 275 g/mol. The van der Waals surface area contributed by atoms with Crippen molar-refractivity contribution in [2.75, 3.05) is 0 Å². The molecule has 0 unspecified atom stereocenters. The van der Waals surface area contributed by atoms with Crippen LogP contribution in [0.1, 0.15) is 37.7 Å². The van der Waals surface area contributed by atoms with Gasteiger partial charge in [-0.05, 0) is 42.1 Å². The number of hydrogen-bond acceptors (Lipinski definition) is 1. The molecular formula is C13H13Cl2FO. The Hall–Kier alpha value is -0.600. The monoisotopic (exact) mass is 274 g/mol. The molecule has 0 amide bonds. The van der Waals surface area contributed by atoms with Gasteiger partial charge in [0.2, 0.25) is 5.24 Å². The van der Waals surface area contributed by atoms with Crippen molar-refractivity contribution in [2.45, 2.75) is 37.5 Å². The maximum absolute atomic E-state index is 13.0. The molecule has 4 heteroatoms. The molecule has 17 heavy (non-hydrogen) atoms. The normalized spacial score (nSPS) is 19.0. The van der Waals surface area contributed by atoms with Gasteiger partial charge in [-0.15, -0.1) is 0 Å². The summed E-state index contributed by atoms with van der Waals surface area (Å²) in [6.07, 6.45) is 4.39. The second kappa shape index (κ2) is 4.95. The van der Waals surface area contributed by atoms with Crippen molar-refractivity contribution >= 4 is 28.4 Å². The number of carbonyl (C=O) groups is 1. The fraction of sp³-hybridized carbons (Fsp3) is 0.462. The van der Waals surface area contributed by atoms with E-state index in [0.717, 1.165) is 19.3 Å². The van der Waals surface area contributed by atoms with Crippen molar-refractivity contribution in [2.24, 2.45) is 0 Å².